The zero-order valence-corrected chi connectivity index (χ0v) is 27.0. The molecular formula is C39H44N2O5. The molecule has 1 amide bonds. The summed E-state index contributed by atoms with van der Waals surface area (Å²) in [5.41, 5.74) is 4.02. The average Bonchev–Trinajstić information content (AvgIpc) is 3.40. The maximum Gasteiger partial charge on any atom is 0.308 e. The molecule has 1 saturated heterocycles. The van der Waals surface area contributed by atoms with E-state index in [1.54, 1.807) is 6.08 Å². The summed E-state index contributed by atoms with van der Waals surface area (Å²) in [5, 5.41) is 11.3. The second-order valence-corrected chi connectivity index (χ2v) is 13.9. The number of rotatable bonds is 9. The van der Waals surface area contributed by atoms with Crippen molar-refractivity contribution in [2.24, 2.45) is 11.8 Å². The minimum absolute atomic E-state index is 0.00632. The summed E-state index contributed by atoms with van der Waals surface area (Å²) in [5.74, 6) is 1.35. The van der Waals surface area contributed by atoms with Gasteiger partial charge in [-0.1, -0.05) is 80.6 Å². The number of hydrogen-bond donors (Lipinski definition) is 1. The van der Waals surface area contributed by atoms with Crippen molar-refractivity contribution in [1.82, 2.24) is 9.80 Å². The van der Waals surface area contributed by atoms with Crippen LogP contribution < -0.4 is 9.47 Å². The van der Waals surface area contributed by atoms with Crippen LogP contribution in [0.5, 0.6) is 11.5 Å². The molecule has 7 rings (SSSR count). The molecule has 3 aromatic carbocycles. The zero-order valence-electron chi connectivity index (χ0n) is 27.0. The highest BCUT2D eigenvalue weighted by Gasteiger charge is 2.66. The second kappa shape index (κ2) is 12.3. The lowest BCUT2D eigenvalue weighted by Gasteiger charge is -2.60. The Morgan fingerprint density at radius 1 is 1.07 bits per heavy atom. The topological polar surface area (TPSA) is 79.3 Å². The number of aliphatic hydroxyl groups is 1. The van der Waals surface area contributed by atoms with Crippen LogP contribution in [-0.4, -0.2) is 64.6 Å². The Labute approximate surface area is 271 Å². The van der Waals surface area contributed by atoms with Crippen molar-refractivity contribution in [2.75, 3.05) is 19.6 Å². The first-order chi connectivity index (χ1) is 22.3. The molecule has 2 fully saturated rings. The Kier molecular flexibility index (Phi) is 8.24. The van der Waals surface area contributed by atoms with Gasteiger partial charge in [0.1, 0.15) is 6.10 Å². The first-order valence-corrected chi connectivity index (χ1v) is 16.8. The Morgan fingerprint density at radius 2 is 1.80 bits per heavy atom. The number of hydrogen-bond acceptors (Lipinski definition) is 6. The number of piperidine rings is 1. The Bertz CT molecular complexity index is 1620. The van der Waals surface area contributed by atoms with Gasteiger partial charge in [0, 0.05) is 43.1 Å². The first-order valence-electron chi connectivity index (χ1n) is 16.8. The third-order valence-corrected chi connectivity index (χ3v) is 10.7. The van der Waals surface area contributed by atoms with Crippen LogP contribution in [0, 0.1) is 11.8 Å². The van der Waals surface area contributed by atoms with Gasteiger partial charge in [0.2, 0.25) is 5.91 Å². The molecule has 1 spiro atoms. The van der Waals surface area contributed by atoms with Gasteiger partial charge in [-0.05, 0) is 72.9 Å². The largest absolute Gasteiger partial charge is 0.483 e. The van der Waals surface area contributed by atoms with Gasteiger partial charge < -0.3 is 19.5 Å². The number of likely N-dealkylation sites (tertiary alicyclic amines) is 1. The van der Waals surface area contributed by atoms with E-state index in [0.29, 0.717) is 30.5 Å². The molecule has 0 aromatic heterocycles. The minimum Gasteiger partial charge on any atom is -0.483 e. The lowest BCUT2D eigenvalue weighted by atomic mass is 9.51. The summed E-state index contributed by atoms with van der Waals surface area (Å²) in [7, 11) is 0. The molecule has 1 saturated carbocycles. The average molecular weight is 621 g/mol. The summed E-state index contributed by atoms with van der Waals surface area (Å²) < 4.78 is 12.8. The molecule has 7 heteroatoms. The van der Waals surface area contributed by atoms with Gasteiger partial charge >= 0.3 is 5.97 Å². The van der Waals surface area contributed by atoms with E-state index in [-0.39, 0.29) is 41.4 Å². The number of amides is 1. The lowest BCUT2D eigenvalue weighted by molar-refractivity contribution is -0.139. The molecule has 7 nitrogen and oxygen atoms in total. The summed E-state index contributed by atoms with van der Waals surface area (Å²) >= 11 is 0. The van der Waals surface area contributed by atoms with E-state index in [0.717, 1.165) is 43.4 Å². The fraction of sp³-hybridized carbons (Fsp3) is 0.436. The molecule has 2 bridgehead atoms. The van der Waals surface area contributed by atoms with Crippen LogP contribution in [0.15, 0.2) is 78.9 Å². The third-order valence-electron chi connectivity index (χ3n) is 10.7. The Morgan fingerprint density at radius 3 is 2.52 bits per heavy atom. The maximum atomic E-state index is 14.0. The van der Waals surface area contributed by atoms with Gasteiger partial charge in [-0.25, -0.2) is 0 Å². The number of β-amino-alcohol motifs (C(OH)–C–C–N with tert-alkyl or cyclic N) is 1. The van der Waals surface area contributed by atoms with E-state index in [1.807, 2.05) is 77.7 Å². The predicted octanol–water partition coefficient (Wildman–Crippen LogP) is 5.95. The number of benzene rings is 3. The molecule has 240 valence electrons. The Hall–Kier alpha value is -3.94. The van der Waals surface area contributed by atoms with Crippen LogP contribution in [0.4, 0.5) is 0 Å². The van der Waals surface area contributed by atoms with Crippen LogP contribution in [0.3, 0.4) is 0 Å². The number of esters is 1. The van der Waals surface area contributed by atoms with Crippen LogP contribution in [0.25, 0.3) is 6.08 Å². The molecule has 1 N–H and O–H groups in total. The molecule has 4 aliphatic rings. The molecule has 1 unspecified atom stereocenters. The van der Waals surface area contributed by atoms with E-state index in [2.05, 4.69) is 24.8 Å². The van der Waals surface area contributed by atoms with Gasteiger partial charge in [0.15, 0.2) is 11.5 Å². The summed E-state index contributed by atoms with van der Waals surface area (Å²) in [6.07, 6.45) is 6.26. The van der Waals surface area contributed by atoms with E-state index >= 15 is 0 Å². The smallest absolute Gasteiger partial charge is 0.308 e. The van der Waals surface area contributed by atoms with Gasteiger partial charge in [-0.15, -0.1) is 0 Å². The van der Waals surface area contributed by atoms with E-state index in [1.165, 1.54) is 18.1 Å². The van der Waals surface area contributed by atoms with Crippen molar-refractivity contribution in [1.29, 1.82) is 0 Å². The second-order valence-electron chi connectivity index (χ2n) is 13.9. The highest BCUT2D eigenvalue weighted by molar-refractivity contribution is 5.92. The molecule has 2 aliphatic carbocycles. The maximum absolute atomic E-state index is 14.0. The number of carbonyl (C=O) groups excluding carboxylic acids is 2. The highest BCUT2D eigenvalue weighted by atomic mass is 16.6. The van der Waals surface area contributed by atoms with Gasteiger partial charge in [-0.2, -0.15) is 0 Å². The zero-order chi connectivity index (χ0) is 32.0. The van der Waals surface area contributed by atoms with Gasteiger partial charge in [0.05, 0.1) is 12.1 Å². The normalized spacial score (nSPS) is 26.8. The van der Waals surface area contributed by atoms with E-state index < -0.39 is 6.10 Å². The molecule has 3 aromatic rings. The Balaban J connectivity index is 1.26. The van der Waals surface area contributed by atoms with Crippen molar-refractivity contribution in [2.45, 2.75) is 76.2 Å². The number of aliphatic hydroxyl groups excluding tert-OH is 1. The molecule has 2 aliphatic heterocycles. The number of carbonyl (C=O) groups is 2. The van der Waals surface area contributed by atoms with E-state index in [9.17, 15) is 14.7 Å². The SMILES string of the molecule is CC(=O)Oc1ccc2c3c1O[C@H]1[C@H](N(CC(C)C)C(=O)C=Cc4ccccc4)CC[C@H]4[C@@H](C2)N(CC(O)c2ccccc2)CC[C@@]341. The van der Waals surface area contributed by atoms with Crippen LogP contribution in [0.2, 0.25) is 0 Å². The van der Waals surface area contributed by atoms with Crippen molar-refractivity contribution in [3.05, 3.63) is 101 Å². The van der Waals surface area contributed by atoms with Crippen LogP contribution >= 0.6 is 0 Å². The summed E-state index contributed by atoms with van der Waals surface area (Å²) in [6, 6.07) is 23.9. The molecule has 0 radical (unpaired) electrons. The first kappa shape index (κ1) is 30.7. The molecule has 46 heavy (non-hydrogen) atoms. The van der Waals surface area contributed by atoms with Crippen LogP contribution in [0.1, 0.15) is 68.4 Å². The minimum atomic E-state index is -0.568. The van der Waals surface area contributed by atoms with Crippen LogP contribution in [-0.2, 0) is 21.4 Å². The van der Waals surface area contributed by atoms with Crippen molar-refractivity contribution < 1.29 is 24.2 Å². The summed E-state index contributed by atoms with van der Waals surface area (Å²) in [6.45, 7) is 7.75. The summed E-state index contributed by atoms with van der Waals surface area (Å²) in [4.78, 5) is 30.8. The number of ether oxygens (including phenoxy) is 2. The molecule has 2 heterocycles. The van der Waals surface area contributed by atoms with Crippen molar-refractivity contribution in [3.8, 4) is 11.5 Å². The van der Waals surface area contributed by atoms with Crippen molar-refractivity contribution >= 4 is 18.0 Å². The van der Waals surface area contributed by atoms with Crippen molar-refractivity contribution in [3.63, 3.8) is 0 Å². The van der Waals surface area contributed by atoms with Gasteiger partial charge in [0.25, 0.3) is 0 Å². The monoisotopic (exact) mass is 620 g/mol. The fourth-order valence-corrected chi connectivity index (χ4v) is 8.98. The van der Waals surface area contributed by atoms with E-state index in [4.69, 9.17) is 9.47 Å². The standard InChI is InChI=1S/C39H44N2O5/c1-25(2)23-41(35(44)19-14-27-10-6-4-7-11-27)31-17-16-30-32-22-29-15-18-34(45-26(3)42)37-36(29)39(30,38(31)46-37)20-21-40(32)24-33(43)28-12-8-5-9-13-28/h4-15,18-19,25,30-33,38,43H,16-17,20-24H2,1-3H3/t30-,31+,32+,33?,38-,39-/m0/s1. The quantitative estimate of drug-likeness (QED) is 0.181. The lowest BCUT2D eigenvalue weighted by Crippen LogP contribution is -2.69. The molecular weight excluding hydrogens is 576 g/mol. The fourth-order valence-electron chi connectivity index (χ4n) is 8.98. The van der Waals surface area contributed by atoms with Gasteiger partial charge in [-0.3, -0.25) is 14.5 Å². The highest BCUT2D eigenvalue weighted by Crippen LogP contribution is 2.64. The number of nitrogens with zero attached hydrogens (tertiary/aromatic N) is 2. The predicted molar refractivity (Wildman–Crippen MR) is 177 cm³/mol. The third kappa shape index (κ3) is 5.33. The molecule has 6 atom stereocenters.